The van der Waals surface area contributed by atoms with Gasteiger partial charge in [0.05, 0.1) is 11.1 Å². The summed E-state index contributed by atoms with van der Waals surface area (Å²) in [5.41, 5.74) is 3.83. The van der Waals surface area contributed by atoms with Crippen molar-refractivity contribution < 1.29 is 13.6 Å². The van der Waals surface area contributed by atoms with Crippen LogP contribution in [-0.2, 0) is 11.3 Å². The first kappa shape index (κ1) is 22.4. The van der Waals surface area contributed by atoms with Gasteiger partial charge in [-0.3, -0.25) is 9.59 Å². The van der Waals surface area contributed by atoms with Crippen LogP contribution in [0.4, 0.5) is 8.78 Å². The highest BCUT2D eigenvalue weighted by molar-refractivity contribution is 5.95. The van der Waals surface area contributed by atoms with E-state index in [-0.39, 0.29) is 23.1 Å². The lowest BCUT2D eigenvalue weighted by molar-refractivity contribution is -0.121. The average molecular weight is 465 g/mol. The van der Waals surface area contributed by atoms with Gasteiger partial charge < -0.3 is 0 Å². The van der Waals surface area contributed by atoms with Crippen LogP contribution < -0.4 is 11.0 Å². The minimum atomic E-state index is -1.02. The van der Waals surface area contributed by atoms with E-state index in [1.54, 1.807) is 24.3 Å². The number of benzene rings is 2. The van der Waals surface area contributed by atoms with E-state index in [9.17, 15) is 18.4 Å². The number of aromatic nitrogens is 2. The van der Waals surface area contributed by atoms with Crippen LogP contribution in [-0.4, -0.2) is 21.4 Å². The summed E-state index contributed by atoms with van der Waals surface area (Å²) in [6.45, 7) is 6.37. The summed E-state index contributed by atoms with van der Waals surface area (Å²) in [7, 11) is 0. The molecule has 2 unspecified atom stereocenters. The van der Waals surface area contributed by atoms with Gasteiger partial charge in [-0.2, -0.15) is 10.2 Å². The number of rotatable bonds is 4. The number of fused-ring (bicyclic) bond motifs is 3. The van der Waals surface area contributed by atoms with Crippen molar-refractivity contribution in [3.05, 3.63) is 64.5 Å². The molecule has 0 saturated heterocycles. The Labute approximate surface area is 195 Å². The third-order valence-corrected chi connectivity index (χ3v) is 8.18. The Bertz CT molecular complexity index is 1410. The molecule has 2 saturated carbocycles. The maximum Gasteiger partial charge on any atom is 0.275 e. The molecule has 3 aromatic rings. The van der Waals surface area contributed by atoms with Crippen LogP contribution in [0, 0.1) is 28.4 Å². The van der Waals surface area contributed by atoms with Gasteiger partial charge in [0.1, 0.15) is 6.54 Å². The van der Waals surface area contributed by atoms with E-state index in [1.807, 2.05) is 0 Å². The number of hydrogen-bond acceptors (Lipinski definition) is 4. The normalized spacial score (nSPS) is 24.1. The Kier molecular flexibility index (Phi) is 5.15. The van der Waals surface area contributed by atoms with Crippen molar-refractivity contribution in [1.82, 2.24) is 15.2 Å². The molecule has 5 rings (SSSR count). The Balaban J connectivity index is 1.46. The van der Waals surface area contributed by atoms with E-state index >= 15 is 0 Å². The summed E-state index contributed by atoms with van der Waals surface area (Å²) in [4.78, 5) is 25.8. The second kappa shape index (κ2) is 7.82. The van der Waals surface area contributed by atoms with E-state index in [0.717, 1.165) is 35.4 Å². The summed E-state index contributed by atoms with van der Waals surface area (Å²) >= 11 is 0. The monoisotopic (exact) mass is 464 g/mol. The van der Waals surface area contributed by atoms with Crippen molar-refractivity contribution in [3.8, 4) is 11.3 Å². The number of hydrazone groups is 1. The summed E-state index contributed by atoms with van der Waals surface area (Å²) in [6.07, 6.45) is 3.07. The molecule has 2 bridgehead atoms. The van der Waals surface area contributed by atoms with Crippen molar-refractivity contribution in [2.24, 2.45) is 21.8 Å². The Hall–Kier alpha value is -3.42. The van der Waals surface area contributed by atoms with Crippen LogP contribution in [0.15, 0.2) is 52.4 Å². The molecule has 0 spiro atoms. The molecule has 1 amide bonds. The van der Waals surface area contributed by atoms with E-state index in [1.165, 1.54) is 12.5 Å². The summed E-state index contributed by atoms with van der Waals surface area (Å²) in [6, 6.07) is 10.2. The Morgan fingerprint density at radius 2 is 1.88 bits per heavy atom. The molecule has 8 heteroatoms. The molecule has 6 nitrogen and oxygen atoms in total. The summed E-state index contributed by atoms with van der Waals surface area (Å²) < 4.78 is 28.4. The minimum absolute atomic E-state index is 0.0528. The third kappa shape index (κ3) is 3.35. The lowest BCUT2D eigenvalue weighted by Gasteiger charge is -2.34. The van der Waals surface area contributed by atoms with Crippen molar-refractivity contribution >= 4 is 22.4 Å². The molecule has 176 valence electrons. The smallest absolute Gasteiger partial charge is 0.271 e. The fraction of sp³-hybridized carbons (Fsp3) is 0.385. The topological polar surface area (TPSA) is 76.3 Å². The lowest BCUT2D eigenvalue weighted by Crippen LogP contribution is -2.36. The molecule has 2 aromatic carbocycles. The van der Waals surface area contributed by atoms with E-state index < -0.39 is 23.1 Å². The maximum atomic E-state index is 13.9. The summed E-state index contributed by atoms with van der Waals surface area (Å²) in [5, 5.41) is 9.61. The van der Waals surface area contributed by atoms with Crippen LogP contribution in [0.2, 0.25) is 0 Å². The maximum absolute atomic E-state index is 13.9. The first-order chi connectivity index (χ1) is 16.1. The zero-order chi connectivity index (χ0) is 24.3. The number of carbonyl (C=O) groups excluding carboxylic acids is 1. The van der Waals surface area contributed by atoms with Gasteiger partial charge in [0.15, 0.2) is 11.6 Å². The average Bonchev–Trinajstić information content (AvgIpc) is 3.15. The van der Waals surface area contributed by atoms with Crippen molar-refractivity contribution in [2.75, 3.05) is 0 Å². The highest BCUT2D eigenvalue weighted by Crippen LogP contribution is 2.63. The zero-order valence-electron chi connectivity index (χ0n) is 19.4. The van der Waals surface area contributed by atoms with Gasteiger partial charge in [0.2, 0.25) is 0 Å². The molecule has 0 aliphatic heterocycles. The first-order valence-corrected chi connectivity index (χ1v) is 11.4. The van der Waals surface area contributed by atoms with E-state index in [4.69, 9.17) is 0 Å². The largest absolute Gasteiger partial charge is 0.275 e. The van der Waals surface area contributed by atoms with Crippen LogP contribution in [0.1, 0.15) is 40.0 Å². The molecular formula is C26H26F2N4O2. The SMILES string of the molecule is CC12CCC(C/C1=N/NC(=O)Cn1nc(-c3ccc(F)c(F)c3)c3ccccc3c1=O)C2(C)C. The second-order valence-electron chi connectivity index (χ2n) is 10.1. The van der Waals surface area contributed by atoms with Crippen molar-refractivity contribution in [2.45, 2.75) is 46.6 Å². The molecule has 1 aromatic heterocycles. The number of hydrogen-bond donors (Lipinski definition) is 1. The molecule has 1 N–H and O–H groups in total. The first-order valence-electron chi connectivity index (χ1n) is 11.4. The van der Waals surface area contributed by atoms with Crippen LogP contribution >= 0.6 is 0 Å². The van der Waals surface area contributed by atoms with Gasteiger partial charge >= 0.3 is 0 Å². The number of nitrogens with zero attached hydrogens (tertiary/aromatic N) is 3. The van der Waals surface area contributed by atoms with Gasteiger partial charge in [-0.05, 0) is 54.9 Å². The summed E-state index contributed by atoms with van der Waals surface area (Å²) in [5.74, 6) is -1.91. The fourth-order valence-corrected chi connectivity index (χ4v) is 5.60. The number of amides is 1. The molecule has 1 heterocycles. The third-order valence-electron chi connectivity index (χ3n) is 8.18. The molecule has 2 atom stereocenters. The molecule has 2 fully saturated rings. The molecular weight excluding hydrogens is 438 g/mol. The number of halogens is 2. The van der Waals surface area contributed by atoms with Gasteiger partial charge in [-0.15, -0.1) is 0 Å². The number of carbonyl (C=O) groups is 1. The second-order valence-corrected chi connectivity index (χ2v) is 10.1. The van der Waals surface area contributed by atoms with Crippen LogP contribution in [0.3, 0.4) is 0 Å². The van der Waals surface area contributed by atoms with Gasteiger partial charge in [-0.25, -0.2) is 18.9 Å². The van der Waals surface area contributed by atoms with Crippen LogP contribution in [0.5, 0.6) is 0 Å². The van der Waals surface area contributed by atoms with Crippen molar-refractivity contribution in [3.63, 3.8) is 0 Å². The fourth-order valence-electron chi connectivity index (χ4n) is 5.60. The van der Waals surface area contributed by atoms with E-state index in [0.29, 0.717) is 22.3 Å². The zero-order valence-corrected chi connectivity index (χ0v) is 19.4. The number of nitrogens with one attached hydrogen (secondary N) is 1. The van der Waals surface area contributed by atoms with Gasteiger partial charge in [0.25, 0.3) is 11.5 Å². The predicted octanol–water partition coefficient (Wildman–Crippen LogP) is 4.66. The Morgan fingerprint density at radius 1 is 1.15 bits per heavy atom. The highest BCUT2D eigenvalue weighted by atomic mass is 19.2. The molecule has 34 heavy (non-hydrogen) atoms. The molecule has 2 aliphatic carbocycles. The minimum Gasteiger partial charge on any atom is -0.271 e. The van der Waals surface area contributed by atoms with E-state index in [2.05, 4.69) is 36.4 Å². The standard InChI is InChI=1S/C26H26F2N4O2/c1-25(2)16-10-11-26(25,3)21(13-16)29-30-22(33)14-32-24(34)18-7-5-4-6-17(18)23(31-32)15-8-9-19(27)20(28)12-15/h4-9,12,16H,10-11,13-14H2,1-3H3,(H,30,33)/b29-21-. The Morgan fingerprint density at radius 3 is 2.53 bits per heavy atom. The molecule has 0 radical (unpaired) electrons. The molecule has 2 aliphatic rings. The quantitative estimate of drug-likeness (QED) is 0.571. The van der Waals surface area contributed by atoms with Crippen LogP contribution in [0.25, 0.3) is 22.0 Å². The van der Waals surface area contributed by atoms with Crippen molar-refractivity contribution in [1.29, 1.82) is 0 Å². The predicted molar refractivity (Wildman–Crippen MR) is 126 cm³/mol. The van der Waals surface area contributed by atoms with Gasteiger partial charge in [0, 0.05) is 22.1 Å². The highest BCUT2D eigenvalue weighted by Gasteiger charge is 2.60. The lowest BCUT2D eigenvalue weighted by atomic mass is 9.70. The van der Waals surface area contributed by atoms with Gasteiger partial charge in [-0.1, -0.05) is 39.0 Å².